The molecule has 1 saturated carbocycles. The summed E-state index contributed by atoms with van der Waals surface area (Å²) in [4.78, 5) is 0. The maximum atomic E-state index is 9.17. The first-order chi connectivity index (χ1) is 5.83. The third kappa shape index (κ3) is 3.55. The van der Waals surface area contributed by atoms with Crippen molar-refractivity contribution in [2.24, 2.45) is 5.92 Å². The first-order valence-electron chi connectivity index (χ1n) is 5.08. The zero-order valence-corrected chi connectivity index (χ0v) is 7.96. The minimum absolute atomic E-state index is 0.258. The summed E-state index contributed by atoms with van der Waals surface area (Å²) < 4.78 is 5.34. The Labute approximate surface area is 74.9 Å². The van der Waals surface area contributed by atoms with E-state index in [1.54, 1.807) is 0 Å². The van der Waals surface area contributed by atoms with Crippen molar-refractivity contribution in [1.29, 1.82) is 0 Å². The first kappa shape index (κ1) is 10.0. The van der Waals surface area contributed by atoms with Crippen LogP contribution in [-0.2, 0) is 4.74 Å². The molecule has 12 heavy (non-hydrogen) atoms. The average Bonchev–Trinajstić information content (AvgIpc) is 2.00. The van der Waals surface area contributed by atoms with Crippen molar-refractivity contribution < 1.29 is 9.84 Å². The van der Waals surface area contributed by atoms with Crippen molar-refractivity contribution in [2.45, 2.75) is 45.1 Å². The Bertz CT molecular complexity index is 104. The molecule has 0 aromatic heterocycles. The quantitative estimate of drug-likeness (QED) is 0.621. The molecule has 0 aromatic carbocycles. The van der Waals surface area contributed by atoms with E-state index in [0.29, 0.717) is 6.61 Å². The predicted molar refractivity (Wildman–Crippen MR) is 49.1 cm³/mol. The third-order valence-electron chi connectivity index (χ3n) is 2.68. The van der Waals surface area contributed by atoms with Crippen LogP contribution in [0.4, 0.5) is 0 Å². The molecule has 1 N–H and O–H groups in total. The number of aliphatic hydroxyl groups is 1. The molecule has 1 aliphatic rings. The standard InChI is InChI=1S/C10H20O2/c1-2-10(11)8-12-7-6-9-4-3-5-9/h9-11H,2-8H2,1H3. The maximum absolute atomic E-state index is 9.17. The van der Waals surface area contributed by atoms with Crippen molar-refractivity contribution in [2.75, 3.05) is 13.2 Å². The number of aliphatic hydroxyl groups excluding tert-OH is 1. The molecule has 0 amide bonds. The summed E-state index contributed by atoms with van der Waals surface area (Å²) in [7, 11) is 0. The normalized spacial score (nSPS) is 20.5. The van der Waals surface area contributed by atoms with Crippen LogP contribution in [0.5, 0.6) is 0 Å². The van der Waals surface area contributed by atoms with E-state index >= 15 is 0 Å². The van der Waals surface area contributed by atoms with Crippen LogP contribution in [0, 0.1) is 5.92 Å². The van der Waals surface area contributed by atoms with Crippen molar-refractivity contribution >= 4 is 0 Å². The van der Waals surface area contributed by atoms with Gasteiger partial charge in [0.15, 0.2) is 0 Å². The molecule has 0 bridgehead atoms. The van der Waals surface area contributed by atoms with Crippen LogP contribution in [0.1, 0.15) is 39.0 Å². The molecule has 2 nitrogen and oxygen atoms in total. The van der Waals surface area contributed by atoms with Gasteiger partial charge in [0.05, 0.1) is 12.7 Å². The second-order valence-electron chi connectivity index (χ2n) is 3.72. The molecule has 1 fully saturated rings. The van der Waals surface area contributed by atoms with E-state index in [0.717, 1.165) is 18.9 Å². The van der Waals surface area contributed by atoms with Crippen LogP contribution in [0.2, 0.25) is 0 Å². The Morgan fingerprint density at radius 2 is 2.25 bits per heavy atom. The van der Waals surface area contributed by atoms with Crippen molar-refractivity contribution in [3.05, 3.63) is 0 Å². The van der Waals surface area contributed by atoms with Gasteiger partial charge in [-0.2, -0.15) is 0 Å². The Kier molecular flexibility index (Phi) is 4.62. The number of ether oxygens (including phenoxy) is 1. The van der Waals surface area contributed by atoms with Gasteiger partial charge in [-0.3, -0.25) is 0 Å². The Hall–Kier alpha value is -0.0800. The zero-order valence-electron chi connectivity index (χ0n) is 7.96. The van der Waals surface area contributed by atoms with Crippen LogP contribution in [0.3, 0.4) is 0 Å². The van der Waals surface area contributed by atoms with Crippen molar-refractivity contribution in [1.82, 2.24) is 0 Å². The van der Waals surface area contributed by atoms with Gasteiger partial charge < -0.3 is 9.84 Å². The molecule has 0 heterocycles. The van der Waals surface area contributed by atoms with Gasteiger partial charge >= 0.3 is 0 Å². The number of hydrogen-bond acceptors (Lipinski definition) is 2. The molecule has 1 aliphatic carbocycles. The molecule has 0 radical (unpaired) electrons. The summed E-state index contributed by atoms with van der Waals surface area (Å²) >= 11 is 0. The highest BCUT2D eigenvalue weighted by Crippen LogP contribution is 2.29. The van der Waals surface area contributed by atoms with E-state index < -0.39 is 0 Å². The second-order valence-corrected chi connectivity index (χ2v) is 3.72. The van der Waals surface area contributed by atoms with Crippen LogP contribution in [0.25, 0.3) is 0 Å². The summed E-state index contributed by atoms with van der Waals surface area (Å²) in [5.41, 5.74) is 0. The molecule has 1 rings (SSSR count). The van der Waals surface area contributed by atoms with Gasteiger partial charge in [0, 0.05) is 6.61 Å². The van der Waals surface area contributed by atoms with Crippen molar-refractivity contribution in [3.8, 4) is 0 Å². The summed E-state index contributed by atoms with van der Waals surface area (Å²) in [6.45, 7) is 3.32. The SMILES string of the molecule is CCC(O)COCCC1CCC1. The van der Waals surface area contributed by atoms with Crippen molar-refractivity contribution in [3.63, 3.8) is 0 Å². The van der Waals surface area contributed by atoms with E-state index in [1.807, 2.05) is 6.92 Å². The van der Waals surface area contributed by atoms with Gasteiger partial charge in [0.2, 0.25) is 0 Å². The highest BCUT2D eigenvalue weighted by molar-refractivity contribution is 4.68. The minimum Gasteiger partial charge on any atom is -0.391 e. The summed E-state index contributed by atoms with van der Waals surface area (Å²) in [5.74, 6) is 0.920. The summed E-state index contributed by atoms with van der Waals surface area (Å²) in [6.07, 6.45) is 5.91. The lowest BCUT2D eigenvalue weighted by molar-refractivity contribution is 0.0259. The van der Waals surface area contributed by atoms with Gasteiger partial charge in [-0.15, -0.1) is 0 Å². The van der Waals surface area contributed by atoms with Gasteiger partial charge in [0.25, 0.3) is 0 Å². The van der Waals surface area contributed by atoms with Gasteiger partial charge in [0.1, 0.15) is 0 Å². The molecule has 0 saturated heterocycles. The van der Waals surface area contributed by atoms with E-state index in [4.69, 9.17) is 9.84 Å². The molecule has 0 aliphatic heterocycles. The van der Waals surface area contributed by atoms with E-state index in [1.165, 1.54) is 25.7 Å². The second kappa shape index (κ2) is 5.55. The van der Waals surface area contributed by atoms with Gasteiger partial charge in [-0.05, 0) is 18.8 Å². The lowest BCUT2D eigenvalue weighted by atomic mass is 9.83. The fourth-order valence-electron chi connectivity index (χ4n) is 1.37. The predicted octanol–water partition coefficient (Wildman–Crippen LogP) is 1.96. The first-order valence-corrected chi connectivity index (χ1v) is 5.08. The van der Waals surface area contributed by atoms with Gasteiger partial charge in [-0.25, -0.2) is 0 Å². The Morgan fingerprint density at radius 1 is 1.50 bits per heavy atom. The molecule has 0 aromatic rings. The highest BCUT2D eigenvalue weighted by atomic mass is 16.5. The molecule has 72 valence electrons. The topological polar surface area (TPSA) is 29.5 Å². The van der Waals surface area contributed by atoms with Crippen LogP contribution >= 0.6 is 0 Å². The summed E-state index contributed by atoms with van der Waals surface area (Å²) in [6, 6.07) is 0. The lowest BCUT2D eigenvalue weighted by Crippen LogP contribution is -2.17. The number of hydrogen-bond donors (Lipinski definition) is 1. The van der Waals surface area contributed by atoms with Gasteiger partial charge in [-0.1, -0.05) is 26.2 Å². The third-order valence-corrected chi connectivity index (χ3v) is 2.68. The highest BCUT2D eigenvalue weighted by Gasteiger charge is 2.16. The van der Waals surface area contributed by atoms with Crippen LogP contribution in [-0.4, -0.2) is 24.4 Å². The molecule has 1 atom stereocenters. The molecular weight excluding hydrogens is 152 g/mol. The van der Waals surface area contributed by atoms with Crippen LogP contribution in [0.15, 0.2) is 0 Å². The molecular formula is C10H20O2. The average molecular weight is 172 g/mol. The van der Waals surface area contributed by atoms with E-state index in [2.05, 4.69) is 0 Å². The summed E-state index contributed by atoms with van der Waals surface area (Å²) in [5, 5.41) is 9.17. The minimum atomic E-state index is -0.258. The number of rotatable bonds is 6. The smallest absolute Gasteiger partial charge is 0.0771 e. The Morgan fingerprint density at radius 3 is 2.75 bits per heavy atom. The zero-order chi connectivity index (χ0) is 8.81. The monoisotopic (exact) mass is 172 g/mol. The largest absolute Gasteiger partial charge is 0.391 e. The van der Waals surface area contributed by atoms with E-state index in [-0.39, 0.29) is 6.10 Å². The Balaban J connectivity index is 1.82. The molecule has 0 spiro atoms. The maximum Gasteiger partial charge on any atom is 0.0771 e. The lowest BCUT2D eigenvalue weighted by Gasteiger charge is -2.25. The fourth-order valence-corrected chi connectivity index (χ4v) is 1.37. The van der Waals surface area contributed by atoms with E-state index in [9.17, 15) is 0 Å². The molecule has 2 heteroatoms. The molecule has 1 unspecified atom stereocenters. The van der Waals surface area contributed by atoms with Crippen LogP contribution < -0.4 is 0 Å². The fraction of sp³-hybridized carbons (Fsp3) is 1.00.